The van der Waals surface area contributed by atoms with Gasteiger partial charge in [-0.1, -0.05) is 11.6 Å². The lowest BCUT2D eigenvalue weighted by Crippen LogP contribution is -2.71. The Morgan fingerprint density at radius 2 is 2.14 bits per heavy atom. The Labute approximate surface area is 87.1 Å². The van der Waals surface area contributed by atoms with Gasteiger partial charge in [0, 0.05) is 25.0 Å². The Balaban J connectivity index is 1.85. The molecular formula is C9H11ClN4. The summed E-state index contributed by atoms with van der Waals surface area (Å²) in [7, 11) is 0. The molecule has 74 valence electrons. The van der Waals surface area contributed by atoms with Gasteiger partial charge in [-0.2, -0.15) is 5.10 Å². The molecule has 0 amide bonds. The molecule has 4 nitrogen and oxygen atoms in total. The van der Waals surface area contributed by atoms with Gasteiger partial charge in [-0.15, -0.1) is 5.10 Å². The van der Waals surface area contributed by atoms with E-state index in [0.29, 0.717) is 16.6 Å². The Bertz CT molecular complexity index is 341. The Morgan fingerprint density at radius 1 is 1.29 bits per heavy atom. The van der Waals surface area contributed by atoms with Gasteiger partial charge in [0.05, 0.1) is 11.7 Å². The number of hydrogen-bond acceptors (Lipinski definition) is 4. The molecule has 0 saturated carbocycles. The normalized spacial score (nSPS) is 28.2. The molecule has 1 aromatic heterocycles. The maximum absolute atomic E-state index is 5.69. The van der Waals surface area contributed by atoms with Gasteiger partial charge in [0.2, 0.25) is 0 Å². The average molecular weight is 211 g/mol. The molecule has 2 aliphatic rings. The summed E-state index contributed by atoms with van der Waals surface area (Å²) in [6.45, 7) is 3.24. The van der Waals surface area contributed by atoms with E-state index in [4.69, 9.17) is 11.6 Å². The summed E-state index contributed by atoms with van der Waals surface area (Å²) in [5, 5.41) is 15.1. The van der Waals surface area contributed by atoms with Gasteiger partial charge < -0.3 is 10.6 Å². The van der Waals surface area contributed by atoms with Gasteiger partial charge in [-0.05, 0) is 12.1 Å². The third-order valence-electron chi connectivity index (χ3n) is 3.17. The third kappa shape index (κ3) is 1.08. The molecule has 1 atom stereocenters. The highest BCUT2D eigenvalue weighted by Gasteiger charge is 2.52. The fourth-order valence-corrected chi connectivity index (χ4v) is 2.27. The van der Waals surface area contributed by atoms with Crippen LogP contribution >= 0.6 is 11.6 Å². The van der Waals surface area contributed by atoms with Crippen molar-refractivity contribution in [1.82, 2.24) is 20.8 Å². The number of aromatic nitrogens is 2. The molecule has 0 bridgehead atoms. The molecule has 2 aliphatic heterocycles. The van der Waals surface area contributed by atoms with Crippen LogP contribution in [-0.4, -0.2) is 29.8 Å². The Morgan fingerprint density at radius 3 is 2.57 bits per heavy atom. The number of nitrogens with zero attached hydrogens (tertiary/aromatic N) is 2. The average Bonchev–Trinajstić information content (AvgIpc) is 2.04. The largest absolute Gasteiger partial charge is 0.315 e. The van der Waals surface area contributed by atoms with Crippen molar-refractivity contribution >= 4 is 11.6 Å². The molecule has 14 heavy (non-hydrogen) atoms. The van der Waals surface area contributed by atoms with Gasteiger partial charge in [0.15, 0.2) is 5.15 Å². The lowest BCUT2D eigenvalue weighted by Gasteiger charge is -2.56. The first kappa shape index (κ1) is 8.59. The number of hydrogen-bond donors (Lipinski definition) is 2. The van der Waals surface area contributed by atoms with Crippen LogP contribution in [0.5, 0.6) is 0 Å². The van der Waals surface area contributed by atoms with Crippen molar-refractivity contribution in [3.8, 4) is 0 Å². The second kappa shape index (κ2) is 2.89. The molecular weight excluding hydrogens is 200 g/mol. The molecule has 0 aromatic carbocycles. The molecule has 3 rings (SSSR count). The molecule has 1 spiro atoms. The van der Waals surface area contributed by atoms with Gasteiger partial charge in [0.1, 0.15) is 0 Å². The summed E-state index contributed by atoms with van der Waals surface area (Å²) in [5.41, 5.74) is 1.39. The molecule has 2 N–H and O–H groups in total. The van der Waals surface area contributed by atoms with E-state index < -0.39 is 0 Å². The number of rotatable bonds is 1. The van der Waals surface area contributed by atoms with Gasteiger partial charge in [-0.25, -0.2) is 0 Å². The van der Waals surface area contributed by atoms with Crippen LogP contribution in [0.2, 0.25) is 5.15 Å². The lowest BCUT2D eigenvalue weighted by molar-refractivity contribution is 0.0179. The lowest BCUT2D eigenvalue weighted by atomic mass is 9.67. The van der Waals surface area contributed by atoms with Crippen molar-refractivity contribution < 1.29 is 0 Å². The SMILES string of the molecule is Clc1ccc(C2NCC23CNC3)nn1. The summed E-state index contributed by atoms with van der Waals surface area (Å²) in [6, 6.07) is 4.10. The maximum Gasteiger partial charge on any atom is 0.151 e. The highest BCUT2D eigenvalue weighted by Crippen LogP contribution is 2.43. The van der Waals surface area contributed by atoms with Crippen molar-refractivity contribution in [2.75, 3.05) is 19.6 Å². The Kier molecular flexibility index (Phi) is 1.77. The molecule has 5 heteroatoms. The van der Waals surface area contributed by atoms with Crippen LogP contribution in [0.25, 0.3) is 0 Å². The zero-order chi connectivity index (χ0) is 9.60. The fraction of sp³-hybridized carbons (Fsp3) is 0.556. The third-order valence-corrected chi connectivity index (χ3v) is 3.37. The van der Waals surface area contributed by atoms with Gasteiger partial charge >= 0.3 is 0 Å². The van der Waals surface area contributed by atoms with Crippen LogP contribution < -0.4 is 10.6 Å². The minimum atomic E-state index is 0.355. The van der Waals surface area contributed by atoms with E-state index in [1.54, 1.807) is 6.07 Å². The summed E-state index contributed by atoms with van der Waals surface area (Å²) in [4.78, 5) is 0. The molecule has 1 unspecified atom stereocenters. The van der Waals surface area contributed by atoms with Gasteiger partial charge in [0.25, 0.3) is 0 Å². The first-order valence-corrected chi connectivity index (χ1v) is 5.11. The topological polar surface area (TPSA) is 49.8 Å². The van der Waals surface area contributed by atoms with E-state index in [1.165, 1.54) is 0 Å². The van der Waals surface area contributed by atoms with Gasteiger partial charge in [-0.3, -0.25) is 0 Å². The highest BCUT2D eigenvalue weighted by molar-refractivity contribution is 6.29. The number of nitrogens with one attached hydrogen (secondary N) is 2. The highest BCUT2D eigenvalue weighted by atomic mass is 35.5. The summed E-state index contributed by atoms with van der Waals surface area (Å²) in [6.07, 6.45) is 0. The quantitative estimate of drug-likeness (QED) is 0.703. The van der Waals surface area contributed by atoms with Crippen molar-refractivity contribution in [3.63, 3.8) is 0 Å². The van der Waals surface area contributed by atoms with Crippen LogP contribution in [0.4, 0.5) is 0 Å². The van der Waals surface area contributed by atoms with E-state index in [0.717, 1.165) is 25.3 Å². The van der Waals surface area contributed by atoms with Crippen molar-refractivity contribution in [3.05, 3.63) is 23.0 Å². The van der Waals surface area contributed by atoms with E-state index in [9.17, 15) is 0 Å². The summed E-state index contributed by atoms with van der Waals surface area (Å²) in [5.74, 6) is 0. The summed E-state index contributed by atoms with van der Waals surface area (Å²) >= 11 is 5.69. The molecule has 0 radical (unpaired) electrons. The van der Waals surface area contributed by atoms with Crippen molar-refractivity contribution in [2.24, 2.45) is 5.41 Å². The first-order valence-electron chi connectivity index (χ1n) is 4.73. The molecule has 3 heterocycles. The maximum atomic E-state index is 5.69. The standard InChI is InChI=1S/C9H11ClN4/c10-7-2-1-6(13-14-7)8-9(5-12-8)3-11-4-9/h1-2,8,11-12H,3-5H2. The van der Waals surface area contributed by atoms with E-state index in [2.05, 4.69) is 20.8 Å². The van der Waals surface area contributed by atoms with E-state index in [1.807, 2.05) is 6.07 Å². The monoisotopic (exact) mass is 210 g/mol. The second-order valence-electron chi connectivity index (χ2n) is 4.06. The minimum absolute atomic E-state index is 0.355. The molecule has 2 saturated heterocycles. The van der Waals surface area contributed by atoms with E-state index in [-0.39, 0.29) is 0 Å². The smallest absolute Gasteiger partial charge is 0.151 e. The predicted molar refractivity (Wildman–Crippen MR) is 53.1 cm³/mol. The fourth-order valence-electron chi connectivity index (χ4n) is 2.17. The minimum Gasteiger partial charge on any atom is -0.315 e. The summed E-state index contributed by atoms with van der Waals surface area (Å²) < 4.78 is 0. The predicted octanol–water partition coefficient (Wildman–Crippen LogP) is 0.364. The van der Waals surface area contributed by atoms with Crippen molar-refractivity contribution in [2.45, 2.75) is 6.04 Å². The Hall–Kier alpha value is -0.710. The molecule has 0 aliphatic carbocycles. The van der Waals surface area contributed by atoms with Crippen LogP contribution in [0.15, 0.2) is 12.1 Å². The first-order chi connectivity index (χ1) is 6.80. The van der Waals surface area contributed by atoms with Crippen LogP contribution in [0.3, 0.4) is 0 Å². The zero-order valence-corrected chi connectivity index (χ0v) is 8.38. The zero-order valence-electron chi connectivity index (χ0n) is 7.63. The second-order valence-corrected chi connectivity index (χ2v) is 4.45. The van der Waals surface area contributed by atoms with Crippen molar-refractivity contribution in [1.29, 1.82) is 0 Å². The van der Waals surface area contributed by atoms with E-state index >= 15 is 0 Å². The molecule has 2 fully saturated rings. The molecule has 1 aromatic rings. The van der Waals surface area contributed by atoms with Crippen LogP contribution in [-0.2, 0) is 0 Å². The van der Waals surface area contributed by atoms with Crippen LogP contribution in [0.1, 0.15) is 11.7 Å². The van der Waals surface area contributed by atoms with Crippen LogP contribution in [0, 0.1) is 5.41 Å². The number of halogens is 1.